The predicted molar refractivity (Wildman–Crippen MR) is 290 cm³/mol. The van der Waals surface area contributed by atoms with Crippen LogP contribution in [0.5, 0.6) is 0 Å². The van der Waals surface area contributed by atoms with Gasteiger partial charge in [-0.3, -0.25) is 19.2 Å². The molecule has 0 spiro atoms. The molecule has 3 rings (SSSR count). The molecule has 2 aromatic rings. The second-order valence-electron chi connectivity index (χ2n) is 22.0. The summed E-state index contributed by atoms with van der Waals surface area (Å²) >= 11 is 12.6. The van der Waals surface area contributed by atoms with Gasteiger partial charge in [-0.2, -0.15) is 0 Å². The Morgan fingerprint density at radius 1 is 0.441 bits per heavy atom. The molecule has 2 amide bonds. The summed E-state index contributed by atoms with van der Waals surface area (Å²) < 4.78 is 0. The summed E-state index contributed by atoms with van der Waals surface area (Å²) in [6.07, 6.45) is 24.1. The molecule has 2 aromatic carbocycles. The number of rotatable bonds is 32. The van der Waals surface area contributed by atoms with E-state index in [0.717, 1.165) is 49.7 Å². The zero-order valence-electron chi connectivity index (χ0n) is 44.4. The zero-order chi connectivity index (χ0) is 50.3. The standard InChI is InChI=1S/C60H92Cl2N2O4/c1-11-13-15-17-19-21-23-25-27-29-41-63(57(61)67)43-39-51-53(45(3)47-31-35-49(36-32-47)59(5,6)7)56(66)52(54(55(51)65)46(4)48-33-37-50(38-34-48)60(8,9)10)40-44-64(58(62)68)42-30-28-26-24-22-20-18-16-14-12-2/h31-38,45-46H,11-30,39-44H2,1-10H3. The molecule has 0 aromatic heterocycles. The molecule has 6 nitrogen and oxygen atoms in total. The number of unbranched alkanes of at least 4 members (excludes halogenated alkanes) is 18. The van der Waals surface area contributed by atoms with Gasteiger partial charge in [0.15, 0.2) is 11.6 Å². The summed E-state index contributed by atoms with van der Waals surface area (Å²) in [5, 5.41) is -1.08. The average Bonchev–Trinajstić information content (AvgIpc) is 3.29. The number of nitrogens with zero attached hydrogens (tertiary/aromatic N) is 2. The van der Waals surface area contributed by atoms with Crippen LogP contribution < -0.4 is 0 Å². The topological polar surface area (TPSA) is 74.8 Å². The Labute approximate surface area is 424 Å². The monoisotopic (exact) mass is 975 g/mol. The van der Waals surface area contributed by atoms with E-state index in [1.807, 2.05) is 13.8 Å². The van der Waals surface area contributed by atoms with Gasteiger partial charge in [0, 0.05) is 60.3 Å². The van der Waals surface area contributed by atoms with Crippen LogP contribution >= 0.6 is 23.2 Å². The van der Waals surface area contributed by atoms with Crippen molar-refractivity contribution in [3.05, 3.63) is 93.1 Å². The quantitative estimate of drug-likeness (QED) is 0.0317. The number of allylic oxidation sites excluding steroid dienone is 2. The molecule has 0 aliphatic heterocycles. The highest BCUT2D eigenvalue weighted by atomic mass is 35.5. The Balaban J connectivity index is 1.99. The minimum atomic E-state index is -0.541. The van der Waals surface area contributed by atoms with Crippen molar-refractivity contribution in [2.45, 2.75) is 233 Å². The van der Waals surface area contributed by atoms with Crippen molar-refractivity contribution in [1.29, 1.82) is 0 Å². The molecule has 68 heavy (non-hydrogen) atoms. The van der Waals surface area contributed by atoms with Crippen molar-refractivity contribution < 1.29 is 19.2 Å². The summed E-state index contributed by atoms with van der Waals surface area (Å²) in [6, 6.07) is 16.8. The predicted octanol–water partition coefficient (Wildman–Crippen LogP) is 17.9. The van der Waals surface area contributed by atoms with Crippen LogP contribution in [-0.4, -0.2) is 58.3 Å². The van der Waals surface area contributed by atoms with E-state index in [-0.39, 0.29) is 48.3 Å². The molecule has 0 fully saturated rings. The fraction of sp³-hybridized carbons (Fsp3) is 0.667. The van der Waals surface area contributed by atoms with Crippen molar-refractivity contribution in [2.75, 3.05) is 26.2 Å². The lowest BCUT2D eigenvalue weighted by molar-refractivity contribution is -0.117. The van der Waals surface area contributed by atoms with Crippen LogP contribution in [0.15, 0.2) is 70.8 Å². The minimum Gasteiger partial charge on any atom is -0.329 e. The third-order valence-corrected chi connectivity index (χ3v) is 14.9. The highest BCUT2D eigenvalue weighted by Crippen LogP contribution is 2.42. The molecule has 0 heterocycles. The molecule has 0 N–H and O–H groups in total. The van der Waals surface area contributed by atoms with Gasteiger partial charge in [-0.25, -0.2) is 0 Å². The van der Waals surface area contributed by atoms with Crippen molar-refractivity contribution in [3.8, 4) is 0 Å². The van der Waals surface area contributed by atoms with Crippen LogP contribution in [-0.2, 0) is 20.4 Å². The fourth-order valence-corrected chi connectivity index (χ4v) is 10.1. The molecule has 8 heteroatoms. The Kier molecular flexibility index (Phi) is 26.5. The van der Waals surface area contributed by atoms with E-state index < -0.39 is 22.6 Å². The van der Waals surface area contributed by atoms with Crippen LogP contribution in [0.2, 0.25) is 0 Å². The maximum atomic E-state index is 15.5. The number of ketones is 2. The number of amides is 2. The smallest absolute Gasteiger partial charge is 0.316 e. The Bertz CT molecular complexity index is 1780. The molecular formula is C60H92Cl2N2O4. The van der Waals surface area contributed by atoms with Gasteiger partial charge in [0.1, 0.15) is 0 Å². The number of hydrogen-bond acceptors (Lipinski definition) is 4. The lowest BCUT2D eigenvalue weighted by Gasteiger charge is -2.32. The fourth-order valence-electron chi connectivity index (χ4n) is 9.78. The molecule has 0 radical (unpaired) electrons. The van der Waals surface area contributed by atoms with Crippen molar-refractivity contribution in [1.82, 2.24) is 9.80 Å². The maximum Gasteiger partial charge on any atom is 0.316 e. The van der Waals surface area contributed by atoms with Crippen LogP contribution in [0.25, 0.3) is 0 Å². The van der Waals surface area contributed by atoms with E-state index in [1.165, 1.54) is 101 Å². The second kappa shape index (κ2) is 30.5. The normalized spacial score (nSPS) is 14.5. The summed E-state index contributed by atoms with van der Waals surface area (Å²) in [6.45, 7) is 23.0. The van der Waals surface area contributed by atoms with E-state index in [2.05, 4.69) is 104 Å². The maximum absolute atomic E-state index is 15.5. The van der Waals surface area contributed by atoms with Gasteiger partial charge in [0.2, 0.25) is 0 Å². The number of hydrogen-bond donors (Lipinski definition) is 0. The van der Waals surface area contributed by atoms with Crippen LogP contribution in [0.1, 0.15) is 245 Å². The molecule has 0 saturated heterocycles. The number of Topliss-reactive ketones (excluding diaryl/α,β-unsaturated/α-hetero) is 2. The summed E-state index contributed by atoms with van der Waals surface area (Å²) in [5.41, 5.74) is 5.95. The van der Waals surface area contributed by atoms with Gasteiger partial charge < -0.3 is 9.80 Å². The van der Waals surface area contributed by atoms with E-state index in [0.29, 0.717) is 35.4 Å². The van der Waals surface area contributed by atoms with Crippen molar-refractivity contribution in [3.63, 3.8) is 0 Å². The van der Waals surface area contributed by atoms with Crippen LogP contribution in [0.4, 0.5) is 9.59 Å². The summed E-state index contributed by atoms with van der Waals surface area (Å²) in [7, 11) is 0. The van der Waals surface area contributed by atoms with E-state index >= 15 is 9.59 Å². The Morgan fingerprint density at radius 3 is 0.956 bits per heavy atom. The first-order chi connectivity index (χ1) is 32.3. The summed E-state index contributed by atoms with van der Waals surface area (Å²) in [4.78, 5) is 60.3. The third kappa shape index (κ3) is 19.5. The summed E-state index contributed by atoms with van der Waals surface area (Å²) in [5.74, 6) is -1.15. The van der Waals surface area contributed by atoms with Gasteiger partial charge >= 0.3 is 10.7 Å². The third-order valence-electron chi connectivity index (χ3n) is 14.4. The lowest BCUT2D eigenvalue weighted by atomic mass is 9.71. The number of carbonyl (C=O) groups excluding carboxylic acids is 4. The van der Waals surface area contributed by atoms with Crippen molar-refractivity contribution >= 4 is 45.5 Å². The first-order valence-electron chi connectivity index (χ1n) is 27.0. The molecule has 380 valence electrons. The first-order valence-corrected chi connectivity index (χ1v) is 27.7. The Morgan fingerprint density at radius 2 is 0.706 bits per heavy atom. The van der Waals surface area contributed by atoms with Crippen LogP contribution in [0.3, 0.4) is 0 Å². The lowest BCUT2D eigenvalue weighted by Crippen LogP contribution is -2.34. The number of halogens is 2. The molecule has 2 atom stereocenters. The SMILES string of the molecule is CCCCCCCCCCCCN(CCC1=C(C(C)c2ccc(C(C)(C)C)cc2)C(=O)C(CCN(CCCCCCCCCCCC)C(=O)Cl)=C(C(C)c2ccc(C(C)(C)C)cc2)C1=O)C(=O)Cl. The first kappa shape index (κ1) is 59.1. The molecule has 1 aliphatic rings. The Hall–Kier alpha value is -3.22. The van der Waals surface area contributed by atoms with E-state index in [4.69, 9.17) is 23.2 Å². The molecular weight excluding hydrogens is 884 g/mol. The van der Waals surface area contributed by atoms with Gasteiger partial charge in [-0.1, -0.05) is 233 Å². The largest absolute Gasteiger partial charge is 0.329 e. The molecule has 1 aliphatic carbocycles. The molecule has 0 bridgehead atoms. The minimum absolute atomic E-state index is 0.0553. The van der Waals surface area contributed by atoms with Crippen LogP contribution in [0, 0.1) is 0 Å². The van der Waals surface area contributed by atoms with Crippen molar-refractivity contribution in [2.24, 2.45) is 0 Å². The number of benzene rings is 2. The average molecular weight is 976 g/mol. The van der Waals surface area contributed by atoms with E-state index in [1.54, 1.807) is 9.80 Å². The molecule has 2 unspecified atom stereocenters. The van der Waals surface area contributed by atoms with Gasteiger partial charge in [0.25, 0.3) is 0 Å². The highest BCUT2D eigenvalue weighted by Gasteiger charge is 2.39. The molecule has 0 saturated carbocycles. The van der Waals surface area contributed by atoms with Gasteiger partial charge in [-0.15, -0.1) is 0 Å². The van der Waals surface area contributed by atoms with Gasteiger partial charge in [0.05, 0.1) is 0 Å². The zero-order valence-corrected chi connectivity index (χ0v) is 46.0. The second-order valence-corrected chi connectivity index (χ2v) is 22.6. The number of carbonyl (C=O) groups is 4. The van der Waals surface area contributed by atoms with E-state index in [9.17, 15) is 9.59 Å². The van der Waals surface area contributed by atoms with Gasteiger partial charge in [-0.05, 0) is 82.0 Å². The highest BCUT2D eigenvalue weighted by molar-refractivity contribution is 6.63.